The summed E-state index contributed by atoms with van der Waals surface area (Å²) in [6.07, 6.45) is 2.48. The number of nitrogens with zero attached hydrogens (tertiary/aromatic N) is 1. The summed E-state index contributed by atoms with van der Waals surface area (Å²) in [7, 11) is 0. The largest absolute Gasteiger partial charge is 0.465 e. The van der Waals surface area contributed by atoms with Crippen molar-refractivity contribution in [1.82, 2.24) is 4.98 Å². The Labute approximate surface area is 137 Å². The quantitative estimate of drug-likeness (QED) is 0.768. The number of aromatic nitrogens is 1. The highest BCUT2D eigenvalue weighted by molar-refractivity contribution is 7.15. The molecule has 2 aromatic rings. The molecule has 3 nitrogen and oxygen atoms in total. The van der Waals surface area contributed by atoms with E-state index in [9.17, 15) is 9.18 Å². The van der Waals surface area contributed by atoms with Gasteiger partial charge in [0.15, 0.2) is 0 Å². The number of halogens is 2. The van der Waals surface area contributed by atoms with E-state index in [1.807, 2.05) is 0 Å². The smallest absolute Gasteiger partial charge is 0.315 e. The van der Waals surface area contributed by atoms with Gasteiger partial charge in [-0.05, 0) is 38.3 Å². The molecule has 3 rings (SSSR count). The van der Waals surface area contributed by atoms with Gasteiger partial charge in [0.1, 0.15) is 16.7 Å². The van der Waals surface area contributed by atoms with Crippen LogP contribution in [0, 0.1) is 5.82 Å². The van der Waals surface area contributed by atoms with Crippen LogP contribution in [0.3, 0.4) is 0 Å². The molecule has 0 amide bonds. The Morgan fingerprint density at radius 1 is 1.55 bits per heavy atom. The van der Waals surface area contributed by atoms with Gasteiger partial charge in [0.2, 0.25) is 0 Å². The van der Waals surface area contributed by atoms with Crippen molar-refractivity contribution in [2.75, 3.05) is 6.61 Å². The molecule has 1 aliphatic carbocycles. The van der Waals surface area contributed by atoms with E-state index in [0.717, 1.165) is 29.8 Å². The lowest BCUT2D eigenvalue weighted by atomic mass is 9.91. The fraction of sp³-hybridized carbons (Fsp3) is 0.375. The van der Waals surface area contributed by atoms with Gasteiger partial charge in [-0.1, -0.05) is 17.7 Å². The molecule has 22 heavy (non-hydrogen) atoms. The third-order valence-electron chi connectivity index (χ3n) is 3.70. The maximum Gasteiger partial charge on any atom is 0.315 e. The van der Waals surface area contributed by atoms with Gasteiger partial charge in [-0.25, -0.2) is 9.37 Å². The van der Waals surface area contributed by atoms with Gasteiger partial charge in [0.05, 0.1) is 22.9 Å². The average Bonchev–Trinajstić information content (AvgIpc) is 2.90. The van der Waals surface area contributed by atoms with E-state index in [1.165, 1.54) is 17.4 Å². The molecular formula is C16H15ClFNO2S. The first-order valence-corrected chi connectivity index (χ1v) is 8.42. The molecule has 0 unspecified atom stereocenters. The number of carbonyl (C=O) groups is 1. The van der Waals surface area contributed by atoms with E-state index < -0.39 is 5.82 Å². The fourth-order valence-electron chi connectivity index (χ4n) is 2.70. The van der Waals surface area contributed by atoms with Crippen molar-refractivity contribution in [1.29, 1.82) is 0 Å². The second kappa shape index (κ2) is 6.34. The molecule has 0 N–H and O–H groups in total. The summed E-state index contributed by atoms with van der Waals surface area (Å²) < 4.78 is 19.2. The predicted molar refractivity (Wildman–Crippen MR) is 84.8 cm³/mol. The van der Waals surface area contributed by atoms with Crippen LogP contribution in [0.1, 0.15) is 36.3 Å². The number of benzene rings is 1. The van der Waals surface area contributed by atoms with Crippen molar-refractivity contribution < 1.29 is 13.9 Å². The van der Waals surface area contributed by atoms with Crippen LogP contribution in [0.4, 0.5) is 4.39 Å². The number of rotatable bonds is 3. The summed E-state index contributed by atoms with van der Waals surface area (Å²) in [6, 6.07) is 4.57. The van der Waals surface area contributed by atoms with Crippen molar-refractivity contribution in [2.24, 2.45) is 0 Å². The fourth-order valence-corrected chi connectivity index (χ4v) is 4.23. The third kappa shape index (κ3) is 2.75. The van der Waals surface area contributed by atoms with E-state index >= 15 is 0 Å². The van der Waals surface area contributed by atoms with Crippen molar-refractivity contribution in [2.45, 2.75) is 32.1 Å². The lowest BCUT2D eigenvalue weighted by molar-refractivity contribution is -0.145. The number of ether oxygens (including phenoxy) is 1. The molecule has 0 saturated heterocycles. The molecule has 116 valence electrons. The highest BCUT2D eigenvalue weighted by atomic mass is 35.5. The number of thiazole rings is 1. The summed E-state index contributed by atoms with van der Waals surface area (Å²) in [5, 5.41) is 0.864. The van der Waals surface area contributed by atoms with Crippen LogP contribution in [-0.2, 0) is 16.0 Å². The van der Waals surface area contributed by atoms with Gasteiger partial charge in [-0.2, -0.15) is 0 Å². The van der Waals surface area contributed by atoms with Crippen LogP contribution in [0.15, 0.2) is 18.2 Å². The van der Waals surface area contributed by atoms with Crippen molar-refractivity contribution in [3.05, 3.63) is 39.6 Å². The zero-order valence-electron chi connectivity index (χ0n) is 12.1. The average molecular weight is 340 g/mol. The molecule has 0 aliphatic heterocycles. The highest BCUT2D eigenvalue weighted by Crippen LogP contribution is 2.41. The lowest BCUT2D eigenvalue weighted by Gasteiger charge is -2.19. The monoisotopic (exact) mass is 339 g/mol. The standard InChI is InChI=1S/C16H15ClFNO2S/c1-2-21-16(20)9-5-3-8-12-14(9)19-15(22-12)13-10(17)6-4-7-11(13)18/h4,6-7,9H,2-3,5,8H2,1H3/t9-/m0/s1. The Hall–Kier alpha value is -1.46. The maximum absolute atomic E-state index is 14.1. The van der Waals surface area contributed by atoms with Crippen molar-refractivity contribution in [3.8, 4) is 10.6 Å². The summed E-state index contributed by atoms with van der Waals surface area (Å²) in [6.45, 7) is 2.13. The van der Waals surface area contributed by atoms with Gasteiger partial charge in [0, 0.05) is 4.88 Å². The molecule has 6 heteroatoms. The van der Waals surface area contributed by atoms with E-state index in [2.05, 4.69) is 4.98 Å². The first-order valence-electron chi connectivity index (χ1n) is 7.22. The molecule has 1 aliphatic rings. The van der Waals surface area contributed by atoms with Gasteiger partial charge in [-0.3, -0.25) is 4.79 Å². The molecule has 0 radical (unpaired) electrons. The molecule has 1 atom stereocenters. The first-order chi connectivity index (χ1) is 10.6. The molecular weight excluding hydrogens is 325 g/mol. The molecule has 0 saturated carbocycles. The van der Waals surface area contributed by atoms with Crippen LogP contribution >= 0.6 is 22.9 Å². The first kappa shape index (κ1) is 15.4. The second-order valence-electron chi connectivity index (χ2n) is 5.12. The van der Waals surface area contributed by atoms with E-state index in [-0.39, 0.29) is 11.9 Å². The number of esters is 1. The molecule has 1 aromatic heterocycles. The van der Waals surface area contributed by atoms with Crippen molar-refractivity contribution in [3.63, 3.8) is 0 Å². The van der Waals surface area contributed by atoms with Crippen molar-refractivity contribution >= 4 is 28.9 Å². The van der Waals surface area contributed by atoms with E-state index in [1.54, 1.807) is 19.1 Å². The predicted octanol–water partition coefficient (Wildman–Crippen LogP) is 4.59. The Morgan fingerprint density at radius 2 is 2.36 bits per heavy atom. The molecule has 0 bridgehead atoms. The van der Waals surface area contributed by atoms with E-state index in [0.29, 0.717) is 22.2 Å². The molecule has 1 aromatic carbocycles. The maximum atomic E-state index is 14.1. The Kier molecular flexibility index (Phi) is 4.45. The minimum atomic E-state index is -0.397. The van der Waals surface area contributed by atoms with Crippen LogP contribution in [0.25, 0.3) is 10.6 Å². The Morgan fingerprint density at radius 3 is 3.09 bits per heavy atom. The highest BCUT2D eigenvalue weighted by Gasteiger charge is 2.32. The van der Waals surface area contributed by atoms with E-state index in [4.69, 9.17) is 16.3 Å². The van der Waals surface area contributed by atoms with Gasteiger partial charge in [-0.15, -0.1) is 11.3 Å². The minimum absolute atomic E-state index is 0.250. The van der Waals surface area contributed by atoms with Crippen LogP contribution < -0.4 is 0 Å². The molecule has 1 heterocycles. The number of carbonyl (C=O) groups excluding carboxylic acids is 1. The minimum Gasteiger partial charge on any atom is -0.465 e. The summed E-state index contributed by atoms with van der Waals surface area (Å²) in [5.41, 5.74) is 1.04. The molecule has 0 fully saturated rings. The van der Waals surface area contributed by atoms with Gasteiger partial charge < -0.3 is 4.74 Å². The van der Waals surface area contributed by atoms with Gasteiger partial charge in [0.25, 0.3) is 0 Å². The number of fused-ring (bicyclic) bond motifs is 1. The van der Waals surface area contributed by atoms with Gasteiger partial charge >= 0.3 is 5.97 Å². The topological polar surface area (TPSA) is 39.2 Å². The zero-order chi connectivity index (χ0) is 15.7. The molecule has 0 spiro atoms. The summed E-state index contributed by atoms with van der Waals surface area (Å²) >= 11 is 7.52. The Bertz CT molecular complexity index is 696. The van der Waals surface area contributed by atoms with Crippen LogP contribution in [0.5, 0.6) is 0 Å². The summed E-state index contributed by atoms with van der Waals surface area (Å²) in [4.78, 5) is 17.6. The number of hydrogen-bond donors (Lipinski definition) is 0. The zero-order valence-corrected chi connectivity index (χ0v) is 13.6. The van der Waals surface area contributed by atoms with Crippen LogP contribution in [-0.4, -0.2) is 17.6 Å². The lowest BCUT2D eigenvalue weighted by Crippen LogP contribution is -2.20. The number of aryl methyl sites for hydroxylation is 1. The second-order valence-corrected chi connectivity index (χ2v) is 6.61. The number of hydrogen-bond acceptors (Lipinski definition) is 4. The Balaban J connectivity index is 2.03. The SMILES string of the molecule is CCOC(=O)[C@H]1CCCc2sc(-c3c(F)cccc3Cl)nc21. The normalized spacial score (nSPS) is 17.1. The summed E-state index contributed by atoms with van der Waals surface area (Å²) in [5.74, 6) is -0.995. The van der Waals surface area contributed by atoms with Crippen LogP contribution in [0.2, 0.25) is 5.02 Å². The third-order valence-corrected chi connectivity index (χ3v) is 5.17.